The Bertz CT molecular complexity index is 369. The average molecular weight is 244 g/mol. The zero-order valence-corrected chi connectivity index (χ0v) is 9.27. The van der Waals surface area contributed by atoms with Crippen LogP contribution in [0.25, 0.3) is 0 Å². The highest BCUT2D eigenvalue weighted by molar-refractivity contribution is 8.01. The monoisotopic (exact) mass is 244 g/mol. The van der Waals surface area contributed by atoms with Crippen LogP contribution in [0.4, 0.5) is 0 Å². The van der Waals surface area contributed by atoms with Crippen LogP contribution in [-0.2, 0) is 14.3 Å². The molecule has 4 atom stereocenters. The van der Waals surface area contributed by atoms with Gasteiger partial charge in [-0.15, -0.1) is 11.8 Å². The number of β-lactam (4-membered cyclic amide) rings is 1. The highest BCUT2D eigenvalue weighted by atomic mass is 32.2. The van der Waals surface area contributed by atoms with E-state index in [9.17, 15) is 14.7 Å². The summed E-state index contributed by atoms with van der Waals surface area (Å²) in [5, 5.41) is 9.08. The van der Waals surface area contributed by atoms with E-state index in [4.69, 9.17) is 10.5 Å². The van der Waals surface area contributed by atoms with Gasteiger partial charge in [0.2, 0.25) is 5.91 Å². The molecule has 3 heterocycles. The molecule has 3 fully saturated rings. The molecule has 1 amide bonds. The molecule has 0 saturated carbocycles. The van der Waals surface area contributed by atoms with Gasteiger partial charge in [0.1, 0.15) is 17.5 Å². The predicted molar refractivity (Wildman–Crippen MR) is 55.8 cm³/mol. The number of carboxylic acids is 1. The zero-order valence-electron chi connectivity index (χ0n) is 8.46. The second kappa shape index (κ2) is 3.12. The normalized spacial score (nSPS) is 45.9. The molecule has 1 spiro atoms. The van der Waals surface area contributed by atoms with Crippen LogP contribution >= 0.6 is 11.8 Å². The van der Waals surface area contributed by atoms with Gasteiger partial charge in [-0.25, -0.2) is 4.79 Å². The maximum atomic E-state index is 11.6. The van der Waals surface area contributed by atoms with E-state index in [2.05, 4.69) is 0 Å². The van der Waals surface area contributed by atoms with Gasteiger partial charge < -0.3 is 20.5 Å². The Labute approximate surface area is 96.1 Å². The maximum Gasteiger partial charge on any atom is 0.328 e. The molecule has 3 saturated heterocycles. The quantitative estimate of drug-likeness (QED) is 0.565. The number of thioether (sulfide) groups is 1. The van der Waals surface area contributed by atoms with Crippen LogP contribution in [0.15, 0.2) is 0 Å². The van der Waals surface area contributed by atoms with Crippen molar-refractivity contribution >= 4 is 23.6 Å². The highest BCUT2D eigenvalue weighted by Crippen LogP contribution is 2.53. The maximum absolute atomic E-state index is 11.6. The Morgan fingerprint density at radius 1 is 1.69 bits per heavy atom. The number of hydrogen-bond donors (Lipinski definition) is 2. The summed E-state index contributed by atoms with van der Waals surface area (Å²) in [6.45, 7) is 0.947. The first kappa shape index (κ1) is 10.4. The molecule has 3 N–H and O–H groups in total. The Morgan fingerprint density at radius 3 is 3.00 bits per heavy atom. The number of nitrogens with two attached hydrogens (primary N) is 1. The lowest BCUT2D eigenvalue weighted by atomic mass is 9.93. The molecule has 3 rings (SSSR count). The first-order chi connectivity index (χ1) is 7.57. The molecule has 7 heteroatoms. The van der Waals surface area contributed by atoms with Crippen LogP contribution in [-0.4, -0.2) is 57.3 Å². The lowest BCUT2D eigenvalue weighted by Crippen LogP contribution is -2.69. The van der Waals surface area contributed by atoms with Crippen molar-refractivity contribution in [3.8, 4) is 0 Å². The second-order valence-corrected chi connectivity index (χ2v) is 5.92. The van der Waals surface area contributed by atoms with Crippen molar-refractivity contribution in [2.24, 2.45) is 5.73 Å². The summed E-state index contributed by atoms with van der Waals surface area (Å²) < 4.78 is 4.81. The summed E-state index contributed by atoms with van der Waals surface area (Å²) in [4.78, 5) is 24.3. The molecular weight excluding hydrogens is 232 g/mol. The molecule has 0 aromatic rings. The number of amides is 1. The lowest BCUT2D eigenvalue weighted by Gasteiger charge is -2.41. The predicted octanol–water partition coefficient (Wildman–Crippen LogP) is -1.16. The summed E-state index contributed by atoms with van der Waals surface area (Å²) in [5.41, 5.74) is 5.67. The SMILES string of the molecule is NC1C(=O)N2C1SC1(CCOC1)C2C(=O)O. The van der Waals surface area contributed by atoms with Gasteiger partial charge in [-0.05, 0) is 6.42 Å². The molecule has 6 nitrogen and oxygen atoms in total. The molecule has 0 aromatic carbocycles. The number of fused-ring (bicyclic) bond motifs is 1. The molecule has 0 bridgehead atoms. The topological polar surface area (TPSA) is 92.9 Å². The average Bonchev–Trinajstić information content (AvgIpc) is 2.82. The minimum Gasteiger partial charge on any atom is -0.480 e. The van der Waals surface area contributed by atoms with Gasteiger partial charge in [0, 0.05) is 6.61 Å². The minimum absolute atomic E-state index is 0.185. The fourth-order valence-corrected chi connectivity index (χ4v) is 4.47. The molecule has 0 aliphatic carbocycles. The van der Waals surface area contributed by atoms with E-state index in [-0.39, 0.29) is 11.3 Å². The summed E-state index contributed by atoms with van der Waals surface area (Å²) in [5.74, 6) is -1.21. The molecule has 3 aliphatic heterocycles. The van der Waals surface area contributed by atoms with E-state index in [0.717, 1.165) is 0 Å². The van der Waals surface area contributed by atoms with E-state index in [1.807, 2.05) is 0 Å². The molecule has 0 radical (unpaired) electrons. The first-order valence-electron chi connectivity index (χ1n) is 5.13. The van der Waals surface area contributed by atoms with E-state index in [1.54, 1.807) is 0 Å². The van der Waals surface area contributed by atoms with Crippen LogP contribution < -0.4 is 5.73 Å². The molecule has 16 heavy (non-hydrogen) atoms. The molecule has 3 aliphatic rings. The largest absolute Gasteiger partial charge is 0.480 e. The minimum atomic E-state index is -0.958. The Morgan fingerprint density at radius 2 is 2.44 bits per heavy atom. The molecular formula is C9H12N2O4S. The van der Waals surface area contributed by atoms with Gasteiger partial charge in [0.25, 0.3) is 0 Å². The van der Waals surface area contributed by atoms with Crippen LogP contribution in [0.2, 0.25) is 0 Å². The molecule has 0 aromatic heterocycles. The van der Waals surface area contributed by atoms with Crippen molar-refractivity contribution in [1.29, 1.82) is 0 Å². The smallest absolute Gasteiger partial charge is 0.328 e. The van der Waals surface area contributed by atoms with Crippen molar-refractivity contribution in [2.75, 3.05) is 13.2 Å². The van der Waals surface area contributed by atoms with Gasteiger partial charge in [-0.1, -0.05) is 0 Å². The van der Waals surface area contributed by atoms with Crippen molar-refractivity contribution in [3.05, 3.63) is 0 Å². The van der Waals surface area contributed by atoms with E-state index >= 15 is 0 Å². The molecule has 4 unspecified atom stereocenters. The summed E-state index contributed by atoms with van der Waals surface area (Å²) in [6.07, 6.45) is 0.668. The number of ether oxygens (including phenoxy) is 1. The van der Waals surface area contributed by atoms with Crippen LogP contribution in [0.5, 0.6) is 0 Å². The third-order valence-electron chi connectivity index (χ3n) is 3.50. The van der Waals surface area contributed by atoms with Crippen LogP contribution in [0.1, 0.15) is 6.42 Å². The van der Waals surface area contributed by atoms with Crippen molar-refractivity contribution in [3.63, 3.8) is 0 Å². The Kier molecular flexibility index (Phi) is 2.02. The van der Waals surface area contributed by atoms with Crippen molar-refractivity contribution < 1.29 is 19.4 Å². The number of carbonyl (C=O) groups is 2. The van der Waals surface area contributed by atoms with E-state index in [0.29, 0.717) is 19.6 Å². The van der Waals surface area contributed by atoms with Gasteiger partial charge >= 0.3 is 5.97 Å². The number of nitrogens with zero attached hydrogens (tertiary/aromatic N) is 1. The van der Waals surface area contributed by atoms with Crippen LogP contribution in [0.3, 0.4) is 0 Å². The first-order valence-corrected chi connectivity index (χ1v) is 6.01. The van der Waals surface area contributed by atoms with Gasteiger partial charge in [-0.2, -0.15) is 0 Å². The number of carbonyl (C=O) groups excluding carboxylic acids is 1. The van der Waals surface area contributed by atoms with Gasteiger partial charge in [-0.3, -0.25) is 4.79 Å². The third kappa shape index (κ3) is 1.05. The summed E-state index contributed by atoms with van der Waals surface area (Å²) in [7, 11) is 0. The Balaban J connectivity index is 1.97. The van der Waals surface area contributed by atoms with Crippen molar-refractivity contribution in [2.45, 2.75) is 28.6 Å². The summed E-state index contributed by atoms with van der Waals surface area (Å²) >= 11 is 1.49. The third-order valence-corrected chi connectivity index (χ3v) is 5.28. The lowest BCUT2D eigenvalue weighted by molar-refractivity contribution is -0.159. The second-order valence-electron chi connectivity index (χ2n) is 4.39. The molecule has 88 valence electrons. The van der Waals surface area contributed by atoms with Crippen molar-refractivity contribution in [1.82, 2.24) is 4.90 Å². The Hall–Kier alpha value is -0.790. The highest BCUT2D eigenvalue weighted by Gasteiger charge is 2.66. The van der Waals surface area contributed by atoms with Gasteiger partial charge in [0.15, 0.2) is 0 Å². The fraction of sp³-hybridized carbons (Fsp3) is 0.778. The van der Waals surface area contributed by atoms with Crippen LogP contribution in [0, 0.1) is 0 Å². The van der Waals surface area contributed by atoms with Gasteiger partial charge in [0.05, 0.1) is 11.4 Å². The number of hydrogen-bond acceptors (Lipinski definition) is 5. The number of rotatable bonds is 1. The van der Waals surface area contributed by atoms with E-state index in [1.165, 1.54) is 16.7 Å². The van der Waals surface area contributed by atoms with E-state index < -0.39 is 22.8 Å². The standard InChI is InChI=1S/C9H12N2O4S/c10-4-6(12)11-5(8(13)14)9(16-7(4)11)1-2-15-3-9/h4-5,7H,1-3,10H2,(H,13,14). The zero-order chi connectivity index (χ0) is 11.5. The fourth-order valence-electron chi connectivity index (χ4n) is 2.69. The number of aliphatic carboxylic acids is 1. The number of carboxylic acid groups (broad SMARTS) is 1. The summed E-state index contributed by atoms with van der Waals surface area (Å²) in [6, 6.07) is -1.33.